The SMILES string of the molecule is C[C@H](N)C(=O)N1CCOc2c(O)cc(-c3ccc(Cl)cn3)cc2C1.Cl. The molecule has 0 spiro atoms. The van der Waals surface area contributed by atoms with E-state index in [-0.39, 0.29) is 24.1 Å². The molecule has 3 rings (SSSR count). The molecule has 0 fully saturated rings. The Morgan fingerprint density at radius 2 is 2.20 bits per heavy atom. The lowest BCUT2D eigenvalue weighted by atomic mass is 10.0. The number of hydrogen-bond donors (Lipinski definition) is 2. The van der Waals surface area contributed by atoms with Gasteiger partial charge in [0.1, 0.15) is 6.61 Å². The Hall–Kier alpha value is -2.02. The molecule has 1 aliphatic rings. The van der Waals surface area contributed by atoms with Crippen LogP contribution >= 0.6 is 24.0 Å². The zero-order valence-electron chi connectivity index (χ0n) is 13.6. The first-order valence-corrected chi connectivity index (χ1v) is 7.98. The van der Waals surface area contributed by atoms with Crippen LogP contribution in [0.5, 0.6) is 11.5 Å². The number of carbonyl (C=O) groups excluding carboxylic acids is 1. The molecule has 2 aromatic rings. The Bertz CT molecular complexity index is 766. The first kappa shape index (κ1) is 19.3. The van der Waals surface area contributed by atoms with E-state index in [2.05, 4.69) is 4.98 Å². The van der Waals surface area contributed by atoms with Gasteiger partial charge in [0, 0.05) is 23.9 Å². The number of rotatable bonds is 2. The fourth-order valence-electron chi connectivity index (χ4n) is 2.67. The van der Waals surface area contributed by atoms with Gasteiger partial charge in [-0.15, -0.1) is 12.4 Å². The Kier molecular flexibility index (Phi) is 6.11. The summed E-state index contributed by atoms with van der Waals surface area (Å²) >= 11 is 5.86. The largest absolute Gasteiger partial charge is 0.504 e. The van der Waals surface area contributed by atoms with Crippen molar-refractivity contribution < 1.29 is 14.6 Å². The van der Waals surface area contributed by atoms with E-state index in [0.29, 0.717) is 41.7 Å². The zero-order chi connectivity index (χ0) is 17.3. The fraction of sp³-hybridized carbons (Fsp3) is 0.294. The number of aromatic nitrogens is 1. The summed E-state index contributed by atoms with van der Waals surface area (Å²) in [6.07, 6.45) is 1.54. The second kappa shape index (κ2) is 7.91. The lowest BCUT2D eigenvalue weighted by molar-refractivity contribution is -0.132. The minimum Gasteiger partial charge on any atom is -0.504 e. The van der Waals surface area contributed by atoms with Gasteiger partial charge in [-0.25, -0.2) is 0 Å². The molecular weight excluding hydrogens is 365 g/mol. The maximum absolute atomic E-state index is 12.2. The van der Waals surface area contributed by atoms with E-state index in [1.165, 1.54) is 0 Å². The van der Waals surface area contributed by atoms with Crippen molar-refractivity contribution in [2.75, 3.05) is 13.2 Å². The van der Waals surface area contributed by atoms with Gasteiger partial charge in [-0.3, -0.25) is 9.78 Å². The van der Waals surface area contributed by atoms with E-state index in [1.807, 2.05) is 6.07 Å². The van der Waals surface area contributed by atoms with Crippen LogP contribution in [-0.4, -0.2) is 40.1 Å². The normalized spacial score (nSPS) is 14.6. The summed E-state index contributed by atoms with van der Waals surface area (Å²) in [4.78, 5) is 18.1. The summed E-state index contributed by atoms with van der Waals surface area (Å²) < 4.78 is 5.62. The number of nitrogens with zero attached hydrogens (tertiary/aromatic N) is 2. The van der Waals surface area contributed by atoms with E-state index < -0.39 is 6.04 Å². The first-order valence-electron chi connectivity index (χ1n) is 7.60. The van der Waals surface area contributed by atoms with Gasteiger partial charge in [-0.1, -0.05) is 11.6 Å². The number of benzene rings is 1. The molecule has 25 heavy (non-hydrogen) atoms. The number of hydrogen-bond acceptors (Lipinski definition) is 5. The average molecular weight is 384 g/mol. The maximum Gasteiger partial charge on any atom is 0.239 e. The summed E-state index contributed by atoms with van der Waals surface area (Å²) in [5.41, 5.74) is 7.81. The van der Waals surface area contributed by atoms with E-state index >= 15 is 0 Å². The molecule has 6 nitrogen and oxygen atoms in total. The molecule has 1 atom stereocenters. The minimum atomic E-state index is -0.582. The Balaban J connectivity index is 0.00000225. The van der Waals surface area contributed by atoms with Crippen molar-refractivity contribution in [2.45, 2.75) is 19.5 Å². The highest BCUT2D eigenvalue weighted by molar-refractivity contribution is 6.30. The summed E-state index contributed by atoms with van der Waals surface area (Å²) in [7, 11) is 0. The van der Waals surface area contributed by atoms with E-state index in [4.69, 9.17) is 22.1 Å². The highest BCUT2D eigenvalue weighted by atomic mass is 35.5. The van der Waals surface area contributed by atoms with E-state index in [0.717, 1.165) is 5.56 Å². The molecule has 1 aliphatic heterocycles. The highest BCUT2D eigenvalue weighted by Gasteiger charge is 2.24. The number of halogens is 2. The molecule has 0 saturated carbocycles. The van der Waals surface area contributed by atoms with Crippen LogP contribution in [0.25, 0.3) is 11.3 Å². The lowest BCUT2D eigenvalue weighted by Gasteiger charge is -2.21. The van der Waals surface area contributed by atoms with Crippen LogP contribution in [0.3, 0.4) is 0 Å². The second-order valence-corrected chi connectivity index (χ2v) is 6.18. The Morgan fingerprint density at radius 1 is 1.44 bits per heavy atom. The van der Waals surface area contributed by atoms with Crippen LogP contribution in [0.1, 0.15) is 12.5 Å². The molecule has 3 N–H and O–H groups in total. The van der Waals surface area contributed by atoms with Gasteiger partial charge in [0.2, 0.25) is 5.91 Å². The van der Waals surface area contributed by atoms with Crippen molar-refractivity contribution >= 4 is 29.9 Å². The van der Waals surface area contributed by atoms with Crippen molar-refractivity contribution in [3.63, 3.8) is 0 Å². The Labute approximate surface area is 157 Å². The maximum atomic E-state index is 12.2. The quantitative estimate of drug-likeness (QED) is 0.831. The van der Waals surface area contributed by atoms with Gasteiger partial charge in [-0.2, -0.15) is 0 Å². The third-order valence-electron chi connectivity index (χ3n) is 3.84. The average Bonchev–Trinajstić information content (AvgIpc) is 2.77. The minimum absolute atomic E-state index is 0. The number of nitrogens with two attached hydrogens (primary N) is 1. The van der Waals surface area contributed by atoms with Crippen molar-refractivity contribution in [3.8, 4) is 22.8 Å². The molecule has 1 aromatic heterocycles. The van der Waals surface area contributed by atoms with Crippen LogP contribution in [0, 0.1) is 0 Å². The van der Waals surface area contributed by atoms with Crippen molar-refractivity contribution in [1.29, 1.82) is 0 Å². The predicted molar refractivity (Wildman–Crippen MR) is 98.2 cm³/mol. The standard InChI is InChI=1S/C17H18ClN3O3.ClH/c1-10(19)17(23)21-4-5-24-16-12(9-21)6-11(7-15(16)22)14-3-2-13(18)8-20-14;/h2-3,6-8,10,22H,4-5,9,19H2,1H3;1H/t10-;/m0./s1. The third-order valence-corrected chi connectivity index (χ3v) is 4.06. The van der Waals surface area contributed by atoms with Crippen LogP contribution in [0.15, 0.2) is 30.5 Å². The molecule has 0 bridgehead atoms. The van der Waals surface area contributed by atoms with Crippen LogP contribution in [0.4, 0.5) is 0 Å². The summed E-state index contributed by atoms with van der Waals surface area (Å²) in [5, 5.41) is 10.8. The fourth-order valence-corrected chi connectivity index (χ4v) is 2.78. The van der Waals surface area contributed by atoms with Crippen molar-refractivity contribution in [2.24, 2.45) is 5.73 Å². The molecular formula is C17H19Cl2N3O3. The molecule has 8 heteroatoms. The van der Waals surface area contributed by atoms with Gasteiger partial charge in [-0.05, 0) is 31.2 Å². The van der Waals surface area contributed by atoms with Gasteiger partial charge in [0.25, 0.3) is 0 Å². The van der Waals surface area contributed by atoms with E-state index in [9.17, 15) is 9.90 Å². The van der Waals surface area contributed by atoms with Crippen LogP contribution < -0.4 is 10.5 Å². The number of amides is 1. The number of fused-ring (bicyclic) bond motifs is 1. The third kappa shape index (κ3) is 4.15. The number of pyridine rings is 1. The van der Waals surface area contributed by atoms with E-state index in [1.54, 1.807) is 36.2 Å². The van der Waals surface area contributed by atoms with Crippen LogP contribution in [-0.2, 0) is 11.3 Å². The summed E-state index contributed by atoms with van der Waals surface area (Å²) in [5.74, 6) is 0.267. The smallest absolute Gasteiger partial charge is 0.239 e. The second-order valence-electron chi connectivity index (χ2n) is 5.74. The van der Waals surface area contributed by atoms with Crippen molar-refractivity contribution in [1.82, 2.24) is 9.88 Å². The molecule has 0 unspecified atom stereocenters. The number of ether oxygens (including phenoxy) is 1. The monoisotopic (exact) mass is 383 g/mol. The van der Waals surface area contributed by atoms with Gasteiger partial charge in [0.15, 0.2) is 11.5 Å². The molecule has 134 valence electrons. The van der Waals surface area contributed by atoms with Crippen LogP contribution in [0.2, 0.25) is 5.02 Å². The summed E-state index contributed by atoms with van der Waals surface area (Å²) in [6, 6.07) is 6.37. The zero-order valence-corrected chi connectivity index (χ0v) is 15.2. The number of phenols is 1. The topological polar surface area (TPSA) is 88.7 Å². The molecule has 0 radical (unpaired) electrons. The Morgan fingerprint density at radius 3 is 2.84 bits per heavy atom. The van der Waals surface area contributed by atoms with Crippen molar-refractivity contribution in [3.05, 3.63) is 41.0 Å². The number of phenolic OH excluding ortho intramolecular Hbond substituents is 1. The van der Waals surface area contributed by atoms with Gasteiger partial charge < -0.3 is 20.5 Å². The molecule has 1 aromatic carbocycles. The summed E-state index contributed by atoms with van der Waals surface area (Å²) in [6.45, 7) is 2.70. The van der Waals surface area contributed by atoms with Gasteiger partial charge in [0.05, 0.1) is 23.3 Å². The highest BCUT2D eigenvalue weighted by Crippen LogP contribution is 2.37. The van der Waals surface area contributed by atoms with Gasteiger partial charge >= 0.3 is 0 Å². The molecule has 1 amide bonds. The lowest BCUT2D eigenvalue weighted by Crippen LogP contribution is -2.42. The molecule has 2 heterocycles. The number of carbonyl (C=O) groups is 1. The predicted octanol–water partition coefficient (Wildman–Crippen LogP) is 2.60. The first-order chi connectivity index (χ1) is 11.5. The molecule has 0 saturated heterocycles. The number of aromatic hydroxyl groups is 1. The molecule has 0 aliphatic carbocycles.